The van der Waals surface area contributed by atoms with Gasteiger partial charge in [-0.3, -0.25) is 13.8 Å². The van der Waals surface area contributed by atoms with Gasteiger partial charge in [0.05, 0.1) is 10.8 Å². The fourth-order valence-electron chi connectivity index (χ4n) is 12.9. The predicted molar refractivity (Wildman–Crippen MR) is 295 cm³/mol. The van der Waals surface area contributed by atoms with Crippen molar-refractivity contribution in [1.29, 1.82) is 0 Å². The Bertz CT molecular complexity index is 3270. The Morgan fingerprint density at radius 1 is 0.697 bits per heavy atom. The summed E-state index contributed by atoms with van der Waals surface area (Å²) >= 11 is 0. The molecular formula is C56H70N14O5S. The van der Waals surface area contributed by atoms with Crippen molar-refractivity contribution in [3.8, 4) is 0 Å². The van der Waals surface area contributed by atoms with Gasteiger partial charge in [0.25, 0.3) is 11.8 Å². The normalized spacial score (nSPS) is 24.8. The zero-order chi connectivity index (χ0) is 53.3. The van der Waals surface area contributed by atoms with E-state index < -0.39 is 16.4 Å². The summed E-state index contributed by atoms with van der Waals surface area (Å²) in [6.07, 6.45) is 11.6. The summed E-state index contributed by atoms with van der Waals surface area (Å²) < 4.78 is 21.4. The molecule has 2 aromatic carbocycles. The van der Waals surface area contributed by atoms with Crippen molar-refractivity contribution in [3.63, 3.8) is 0 Å². The van der Waals surface area contributed by atoms with Crippen LogP contribution in [0, 0.1) is 22.7 Å². The Balaban J connectivity index is 0.000000120. The first-order valence-electron chi connectivity index (χ1n) is 26.6. The first kappa shape index (κ1) is 50.0. The number of nitrogen functional groups attached to an aromatic ring is 1. The van der Waals surface area contributed by atoms with Crippen LogP contribution in [0.25, 0.3) is 22.1 Å². The van der Waals surface area contributed by atoms with E-state index in [0.717, 1.165) is 142 Å². The standard InChI is InChI=1S/C25H29N7O.C16H23N3O2.C15H18N4O2S/c1-30(2)22(33)20-7-17-11-27-23(29-21(17)32(20)25-8-16(9-25)10-25)28-18-3-5-19(6-4-18)31-14-24(15-31)12-26-13-24;1-15(2,3)21-14(20)19-10-16(11-19)8-18(9-16)13-6-4-12(17)5-7-13;1-18(2)13(20)11-4-10-8-16-14(22(3)21)17-12(10)19(11)15-5-9(6-15)7-15/h3-7,11,16,26H,8-10,12-15H2,1-2H3,(H,27,28,29);4-7H,8-11,17H2,1-3H3;4,8-9H,5-7H2,1-3H3. The molecule has 1 unspecified atom stereocenters. The lowest BCUT2D eigenvalue weighted by molar-refractivity contribution is -0.0871. The van der Waals surface area contributed by atoms with Crippen LogP contribution in [-0.4, -0.2) is 158 Å². The summed E-state index contributed by atoms with van der Waals surface area (Å²) in [5.41, 5.74) is 13.3. The molecule has 19 nitrogen and oxygen atoms in total. The summed E-state index contributed by atoms with van der Waals surface area (Å²) in [5.74, 6) is 2.16. The molecule has 10 fully saturated rings. The molecule has 16 rings (SSSR count). The average Bonchev–Trinajstić information content (AvgIpc) is 3.81. The highest BCUT2D eigenvalue weighted by Crippen LogP contribution is 2.64. The lowest BCUT2D eigenvalue weighted by Gasteiger charge is -2.62. The predicted octanol–water partition coefficient (Wildman–Crippen LogP) is 6.50. The van der Waals surface area contributed by atoms with Crippen molar-refractivity contribution < 1.29 is 23.3 Å². The Kier molecular flexibility index (Phi) is 11.8. The number of carbonyl (C=O) groups is 3. The Labute approximate surface area is 446 Å². The van der Waals surface area contributed by atoms with Gasteiger partial charge >= 0.3 is 6.09 Å². The van der Waals surface area contributed by atoms with E-state index in [9.17, 15) is 18.6 Å². The molecule has 8 heterocycles. The number of aromatic nitrogens is 6. The van der Waals surface area contributed by atoms with Crippen LogP contribution in [0.2, 0.25) is 0 Å². The van der Waals surface area contributed by atoms with Gasteiger partial charge in [0.1, 0.15) is 28.3 Å². The molecule has 76 heavy (non-hydrogen) atoms. The van der Waals surface area contributed by atoms with Crippen molar-refractivity contribution in [2.24, 2.45) is 22.7 Å². The summed E-state index contributed by atoms with van der Waals surface area (Å²) in [7, 11) is 5.88. The fraction of sp³-hybridized carbons (Fsp3) is 0.518. The van der Waals surface area contributed by atoms with E-state index in [1.807, 2.05) is 63.4 Å². The maximum absolute atomic E-state index is 12.9. The number of hydrogen-bond acceptors (Lipinski definition) is 14. The van der Waals surface area contributed by atoms with E-state index >= 15 is 0 Å². The first-order chi connectivity index (χ1) is 36.1. The smallest absolute Gasteiger partial charge is 0.410 e. The molecule has 4 N–H and O–H groups in total. The third kappa shape index (κ3) is 8.68. The number of nitrogens with two attached hydrogens (primary N) is 1. The number of hydrogen-bond donors (Lipinski definition) is 3. The van der Waals surface area contributed by atoms with Gasteiger partial charge in [-0.1, -0.05) is 0 Å². The van der Waals surface area contributed by atoms with Gasteiger partial charge < -0.3 is 54.7 Å². The number of anilines is 5. The van der Waals surface area contributed by atoms with Crippen LogP contribution in [0.5, 0.6) is 0 Å². The number of nitrogens with one attached hydrogen (secondary N) is 2. The molecule has 4 saturated heterocycles. The monoisotopic (exact) mass is 1050 g/mol. The minimum atomic E-state index is -1.23. The second-order valence-corrected chi connectivity index (χ2v) is 26.1. The van der Waals surface area contributed by atoms with E-state index in [2.05, 4.69) is 68.8 Å². The summed E-state index contributed by atoms with van der Waals surface area (Å²) in [6.45, 7) is 13.8. The largest absolute Gasteiger partial charge is 0.444 e. The molecule has 1 atom stereocenters. The van der Waals surface area contributed by atoms with Crippen LogP contribution in [0.1, 0.15) is 80.3 Å². The number of ether oxygens (including phenoxy) is 1. The molecule has 4 aliphatic heterocycles. The van der Waals surface area contributed by atoms with Crippen LogP contribution in [0.3, 0.4) is 0 Å². The number of rotatable bonds is 9. The SMILES string of the molecule is CC(C)(C)OC(=O)N1CC2(C1)CN(c1ccc(N)cc1)C2.CN(C)C(=O)c1cc2cnc(Nc3ccc(N4CC5(CNC5)C4)cc3)nc2n1C12CC(C1)C2.CN(C)C(=O)c1cc2cnc(S(C)=O)nc2n1C12CC(C1)C2. The molecule has 6 saturated carbocycles. The molecule has 0 radical (unpaired) electrons. The summed E-state index contributed by atoms with van der Waals surface area (Å²) in [5, 5.41) is 8.83. The van der Waals surface area contributed by atoms with Crippen molar-refractivity contribution in [2.45, 2.75) is 81.1 Å². The van der Waals surface area contributed by atoms with E-state index in [-0.39, 0.29) is 34.4 Å². The van der Waals surface area contributed by atoms with Gasteiger partial charge in [0, 0.05) is 155 Å². The fourth-order valence-corrected chi connectivity index (χ4v) is 13.3. The van der Waals surface area contributed by atoms with Gasteiger partial charge in [0.2, 0.25) is 11.1 Å². The van der Waals surface area contributed by atoms with Crippen LogP contribution >= 0.6 is 0 Å². The van der Waals surface area contributed by atoms with Crippen LogP contribution in [0.4, 0.5) is 33.5 Å². The lowest BCUT2D eigenvalue weighted by Crippen LogP contribution is -2.73. The molecule has 10 aliphatic rings. The van der Waals surface area contributed by atoms with Crippen molar-refractivity contribution in [1.82, 2.24) is 49.1 Å². The minimum absolute atomic E-state index is 0.0216. The third-order valence-corrected chi connectivity index (χ3v) is 17.8. The molecule has 400 valence electrons. The van der Waals surface area contributed by atoms with Crippen molar-refractivity contribution in [2.75, 3.05) is 108 Å². The van der Waals surface area contributed by atoms with Gasteiger partial charge in [-0.25, -0.2) is 19.7 Å². The van der Waals surface area contributed by atoms with Gasteiger partial charge in [-0.2, -0.15) is 4.98 Å². The minimum Gasteiger partial charge on any atom is -0.444 e. The molecule has 6 aliphatic carbocycles. The van der Waals surface area contributed by atoms with E-state index in [4.69, 9.17) is 15.5 Å². The van der Waals surface area contributed by atoms with Gasteiger partial charge in [-0.15, -0.1) is 0 Å². The van der Waals surface area contributed by atoms with Gasteiger partial charge in [0.15, 0.2) is 0 Å². The Hall–Kier alpha value is -6.80. The number of nitrogens with zero attached hydrogens (tertiary/aromatic N) is 11. The molecule has 3 amide bonds. The number of carbonyl (C=O) groups excluding carboxylic acids is 3. The highest BCUT2D eigenvalue weighted by Gasteiger charge is 2.60. The number of benzene rings is 2. The number of amides is 3. The zero-order valence-electron chi connectivity index (χ0n) is 44.9. The molecule has 4 aromatic heterocycles. The number of likely N-dealkylation sites (tertiary alicyclic amines) is 1. The maximum atomic E-state index is 12.9. The zero-order valence-corrected chi connectivity index (χ0v) is 45.7. The molecule has 4 bridgehead atoms. The number of fused-ring (bicyclic) bond motifs is 2. The summed E-state index contributed by atoms with van der Waals surface area (Å²) in [4.78, 5) is 65.3. The molecule has 2 spiro atoms. The highest BCUT2D eigenvalue weighted by atomic mass is 32.2. The van der Waals surface area contributed by atoms with Crippen molar-refractivity contribution in [3.05, 3.63) is 84.4 Å². The second-order valence-electron chi connectivity index (χ2n) is 24.8. The van der Waals surface area contributed by atoms with Crippen LogP contribution in [0.15, 0.2) is 78.2 Å². The summed E-state index contributed by atoms with van der Waals surface area (Å²) in [6, 6.07) is 20.3. The lowest BCUT2D eigenvalue weighted by atomic mass is 9.49. The average molecular weight is 1050 g/mol. The molecule has 20 heteroatoms. The topological polar surface area (TPSA) is 205 Å². The van der Waals surface area contributed by atoms with E-state index in [0.29, 0.717) is 22.2 Å². The molecular weight excluding hydrogens is 981 g/mol. The quantitative estimate of drug-likeness (QED) is 0.105. The highest BCUT2D eigenvalue weighted by molar-refractivity contribution is 7.84. The van der Waals surface area contributed by atoms with Crippen LogP contribution in [-0.2, 0) is 26.6 Å². The van der Waals surface area contributed by atoms with Crippen LogP contribution < -0.4 is 26.2 Å². The molecule has 6 aromatic rings. The van der Waals surface area contributed by atoms with Gasteiger partial charge in [-0.05, 0) is 132 Å². The van der Waals surface area contributed by atoms with E-state index in [1.165, 1.54) is 11.4 Å². The second kappa shape index (κ2) is 17.9. The Morgan fingerprint density at radius 2 is 1.17 bits per heavy atom. The third-order valence-electron chi connectivity index (χ3n) is 17.1. The first-order valence-corrected chi connectivity index (χ1v) is 28.1. The maximum Gasteiger partial charge on any atom is 0.410 e. The van der Waals surface area contributed by atoms with Crippen molar-refractivity contribution >= 4 is 79.5 Å². The Morgan fingerprint density at radius 3 is 1.61 bits per heavy atom. The van der Waals surface area contributed by atoms with E-state index in [1.54, 1.807) is 55.3 Å².